The molecule has 0 bridgehead atoms. The number of hydrogen-bond acceptors (Lipinski definition) is 7. The van der Waals surface area contributed by atoms with Crippen LogP contribution in [0.3, 0.4) is 0 Å². The van der Waals surface area contributed by atoms with Gasteiger partial charge in [0.25, 0.3) is 5.56 Å². The van der Waals surface area contributed by atoms with Crippen molar-refractivity contribution in [2.24, 2.45) is 5.92 Å². The number of halogens is 1. The van der Waals surface area contributed by atoms with Gasteiger partial charge < -0.3 is 21.6 Å². The van der Waals surface area contributed by atoms with Crippen molar-refractivity contribution in [3.63, 3.8) is 0 Å². The number of rotatable bonds is 9. The average molecular weight is 390 g/mol. The lowest BCUT2D eigenvalue weighted by Crippen LogP contribution is -2.25. The summed E-state index contributed by atoms with van der Waals surface area (Å²) >= 11 is 5.43. The number of aromatic amines is 1. The number of nitrogens with zero attached hydrogens (tertiary/aromatic N) is 1. The number of ketones is 1. The molecule has 1 atom stereocenters. The summed E-state index contributed by atoms with van der Waals surface area (Å²) in [7, 11) is 0. The molecule has 27 heavy (non-hydrogen) atoms. The van der Waals surface area contributed by atoms with Crippen LogP contribution in [-0.4, -0.2) is 34.5 Å². The van der Waals surface area contributed by atoms with E-state index < -0.39 is 11.5 Å². The van der Waals surface area contributed by atoms with E-state index >= 15 is 0 Å². The van der Waals surface area contributed by atoms with Gasteiger partial charge in [0.15, 0.2) is 5.78 Å². The Kier molecular flexibility index (Phi) is 7.13. The molecule has 2 aromatic rings. The molecule has 1 heterocycles. The van der Waals surface area contributed by atoms with Crippen LogP contribution in [0.2, 0.25) is 0 Å². The van der Waals surface area contributed by atoms with Gasteiger partial charge in [-0.2, -0.15) is 4.98 Å². The number of carbonyl (C=O) groups excluding carboxylic acids is 2. The van der Waals surface area contributed by atoms with Gasteiger partial charge in [0.1, 0.15) is 12.1 Å². The maximum absolute atomic E-state index is 11.9. The molecule has 0 spiro atoms. The van der Waals surface area contributed by atoms with E-state index in [1.54, 1.807) is 6.08 Å². The Balaban J connectivity index is 1.98. The van der Waals surface area contributed by atoms with E-state index in [2.05, 4.69) is 15.3 Å². The van der Waals surface area contributed by atoms with Crippen molar-refractivity contribution in [2.45, 2.75) is 6.42 Å². The molecule has 9 heteroatoms. The maximum Gasteiger partial charge on any atom is 0.257 e. The van der Waals surface area contributed by atoms with Gasteiger partial charge in [-0.3, -0.25) is 14.6 Å². The van der Waals surface area contributed by atoms with E-state index in [0.29, 0.717) is 6.54 Å². The fourth-order valence-corrected chi connectivity index (χ4v) is 2.44. The first-order chi connectivity index (χ1) is 12.9. The first-order valence-corrected chi connectivity index (χ1v) is 8.66. The summed E-state index contributed by atoms with van der Waals surface area (Å²) in [5.41, 5.74) is 12.6. The summed E-state index contributed by atoms with van der Waals surface area (Å²) in [4.78, 5) is 40.6. The van der Waals surface area contributed by atoms with Crippen LogP contribution >= 0.6 is 11.6 Å². The zero-order valence-electron chi connectivity index (χ0n) is 14.4. The number of hydrogen-bond donors (Lipinski definition) is 4. The summed E-state index contributed by atoms with van der Waals surface area (Å²) in [5, 5.41) is 3.13. The van der Waals surface area contributed by atoms with Gasteiger partial charge in [0.05, 0.1) is 11.4 Å². The Morgan fingerprint density at radius 1 is 1.30 bits per heavy atom. The second-order valence-electron chi connectivity index (χ2n) is 5.85. The number of aromatic nitrogens is 2. The molecule has 0 fully saturated rings. The Morgan fingerprint density at radius 3 is 2.59 bits per heavy atom. The van der Waals surface area contributed by atoms with Crippen molar-refractivity contribution in [3.8, 4) is 0 Å². The summed E-state index contributed by atoms with van der Waals surface area (Å²) < 4.78 is 0. The standard InChI is InChI=1S/C18H20ClN5O3/c19-8-14(26)6-3-11-1-4-13(5-2-11)22-9-12(10-25)7-15-16(20)23-18(21)24-17(15)27/h1-6,10,12,22H,7-9H2,(H5,20,21,23,24,27). The molecule has 1 aromatic carbocycles. The van der Waals surface area contributed by atoms with Crippen molar-refractivity contribution >= 4 is 47.2 Å². The molecular formula is C18H20ClN5O3. The van der Waals surface area contributed by atoms with E-state index in [-0.39, 0.29) is 35.4 Å². The van der Waals surface area contributed by atoms with Gasteiger partial charge in [0, 0.05) is 18.2 Å². The molecule has 0 saturated heterocycles. The van der Waals surface area contributed by atoms with E-state index in [1.165, 1.54) is 6.08 Å². The first-order valence-electron chi connectivity index (χ1n) is 8.13. The number of allylic oxidation sites excluding steroid dienone is 1. The Labute approximate surface area is 160 Å². The minimum absolute atomic E-state index is 0.0192. The molecule has 0 aliphatic rings. The Hall–Kier alpha value is -3.13. The quantitative estimate of drug-likeness (QED) is 0.286. The molecule has 8 nitrogen and oxygen atoms in total. The van der Waals surface area contributed by atoms with Gasteiger partial charge in [-0.05, 0) is 30.2 Å². The van der Waals surface area contributed by atoms with Crippen molar-refractivity contribution in [1.29, 1.82) is 0 Å². The third-order valence-electron chi connectivity index (χ3n) is 3.80. The van der Waals surface area contributed by atoms with E-state index in [9.17, 15) is 14.4 Å². The van der Waals surface area contributed by atoms with Crippen LogP contribution in [0.15, 0.2) is 35.1 Å². The lowest BCUT2D eigenvalue weighted by molar-refractivity contribution is -0.112. The van der Waals surface area contributed by atoms with Gasteiger partial charge in [-0.25, -0.2) is 0 Å². The fourth-order valence-electron chi connectivity index (χ4n) is 2.36. The minimum Gasteiger partial charge on any atom is -0.384 e. The molecule has 142 valence electrons. The normalized spacial score (nSPS) is 12.0. The Bertz CT molecular complexity index is 893. The zero-order valence-corrected chi connectivity index (χ0v) is 15.2. The van der Waals surface area contributed by atoms with Crippen molar-refractivity contribution < 1.29 is 9.59 Å². The molecule has 1 aromatic heterocycles. The van der Waals surface area contributed by atoms with Crippen LogP contribution in [0.1, 0.15) is 11.1 Å². The monoisotopic (exact) mass is 389 g/mol. The lowest BCUT2D eigenvalue weighted by atomic mass is 10.0. The molecule has 2 rings (SSSR count). The summed E-state index contributed by atoms with van der Waals surface area (Å²) in [5.74, 6) is -0.742. The number of alkyl halides is 1. The van der Waals surface area contributed by atoms with Gasteiger partial charge >= 0.3 is 0 Å². The highest BCUT2D eigenvalue weighted by Gasteiger charge is 2.15. The number of aldehydes is 1. The summed E-state index contributed by atoms with van der Waals surface area (Å²) in [6, 6.07) is 7.28. The second kappa shape index (κ2) is 9.54. The van der Waals surface area contributed by atoms with E-state index in [0.717, 1.165) is 17.5 Å². The number of nitrogens with two attached hydrogens (primary N) is 2. The maximum atomic E-state index is 11.9. The van der Waals surface area contributed by atoms with Gasteiger partial charge in [0.2, 0.25) is 5.95 Å². The molecule has 6 N–H and O–H groups in total. The molecule has 0 aliphatic heterocycles. The molecule has 0 radical (unpaired) electrons. The van der Waals surface area contributed by atoms with E-state index in [1.807, 2.05) is 24.3 Å². The topological polar surface area (TPSA) is 144 Å². The van der Waals surface area contributed by atoms with Gasteiger partial charge in [-0.1, -0.05) is 18.2 Å². The molecule has 0 saturated carbocycles. The number of anilines is 3. The van der Waals surface area contributed by atoms with Crippen LogP contribution in [-0.2, 0) is 16.0 Å². The smallest absolute Gasteiger partial charge is 0.257 e. The van der Waals surface area contributed by atoms with Crippen LogP contribution in [0, 0.1) is 5.92 Å². The molecule has 0 amide bonds. The van der Waals surface area contributed by atoms with Gasteiger partial charge in [-0.15, -0.1) is 11.6 Å². The highest BCUT2D eigenvalue weighted by Crippen LogP contribution is 2.14. The van der Waals surface area contributed by atoms with Crippen LogP contribution in [0.4, 0.5) is 17.5 Å². The number of carbonyl (C=O) groups is 2. The average Bonchev–Trinajstić information content (AvgIpc) is 2.65. The number of nitrogen functional groups attached to an aromatic ring is 2. The van der Waals surface area contributed by atoms with Crippen LogP contribution in [0.25, 0.3) is 6.08 Å². The van der Waals surface area contributed by atoms with Crippen molar-refractivity contribution in [1.82, 2.24) is 9.97 Å². The fraction of sp³-hybridized carbons (Fsp3) is 0.222. The molecule has 0 aliphatic carbocycles. The van der Waals surface area contributed by atoms with Crippen LogP contribution in [0.5, 0.6) is 0 Å². The summed E-state index contributed by atoms with van der Waals surface area (Å²) in [6.07, 6.45) is 4.00. The lowest BCUT2D eigenvalue weighted by Gasteiger charge is -2.13. The van der Waals surface area contributed by atoms with Crippen molar-refractivity contribution in [3.05, 3.63) is 51.8 Å². The summed E-state index contributed by atoms with van der Waals surface area (Å²) in [6.45, 7) is 0.312. The highest BCUT2D eigenvalue weighted by molar-refractivity contribution is 6.29. The first kappa shape index (κ1) is 20.2. The van der Waals surface area contributed by atoms with Crippen molar-refractivity contribution in [2.75, 3.05) is 29.2 Å². The third kappa shape index (κ3) is 5.96. The zero-order chi connectivity index (χ0) is 19.8. The molecule has 1 unspecified atom stereocenters. The second-order valence-corrected chi connectivity index (χ2v) is 6.12. The predicted molar refractivity (Wildman–Crippen MR) is 107 cm³/mol. The highest BCUT2D eigenvalue weighted by atomic mass is 35.5. The minimum atomic E-state index is -0.472. The number of H-pyrrole nitrogens is 1. The predicted octanol–water partition coefficient (Wildman–Crippen LogP) is 1.23. The number of nitrogens with one attached hydrogen (secondary N) is 2. The van der Waals surface area contributed by atoms with E-state index in [4.69, 9.17) is 23.1 Å². The molecular weight excluding hydrogens is 370 g/mol. The van der Waals surface area contributed by atoms with Crippen LogP contribution < -0.4 is 22.3 Å². The largest absolute Gasteiger partial charge is 0.384 e. The number of benzene rings is 1. The third-order valence-corrected chi connectivity index (χ3v) is 4.06. The SMILES string of the molecule is Nc1nc(N)c(CC(C=O)CNc2ccc(C=CC(=O)CCl)cc2)c(=O)[nH]1. The Morgan fingerprint density at radius 2 is 2.00 bits per heavy atom.